The van der Waals surface area contributed by atoms with E-state index >= 15 is 0 Å². The first-order valence-electron chi connectivity index (χ1n) is 3.79. The molecule has 0 heterocycles. The molecule has 3 N–H and O–H groups in total. The Labute approximate surface area is 67.7 Å². The highest BCUT2D eigenvalue weighted by Gasteiger charge is 2.03. The van der Waals surface area contributed by atoms with Crippen molar-refractivity contribution < 1.29 is 4.79 Å². The fourth-order valence-electron chi connectivity index (χ4n) is 0.802. The number of hydrogen-bond donors (Lipinski definition) is 2. The van der Waals surface area contributed by atoms with Crippen molar-refractivity contribution in [2.24, 2.45) is 5.73 Å². The number of carbonyl (C=O) groups is 1. The highest BCUT2D eigenvalue weighted by Crippen LogP contribution is 1.90. The van der Waals surface area contributed by atoms with Crippen LogP contribution in [0.3, 0.4) is 0 Å². The van der Waals surface area contributed by atoms with E-state index in [0.717, 1.165) is 6.42 Å². The molecule has 1 atom stereocenters. The number of amides is 1. The highest BCUT2D eigenvalue weighted by molar-refractivity contribution is 5.73. The van der Waals surface area contributed by atoms with Crippen LogP contribution in [-0.4, -0.2) is 18.5 Å². The van der Waals surface area contributed by atoms with Crippen LogP contribution in [0, 0.1) is 0 Å². The molecule has 0 aliphatic carbocycles. The normalized spacial score (nSPS) is 13.4. The molecule has 0 bridgehead atoms. The van der Waals surface area contributed by atoms with E-state index in [4.69, 9.17) is 5.73 Å². The van der Waals surface area contributed by atoms with Crippen LogP contribution in [-0.2, 0) is 4.79 Å². The zero-order chi connectivity index (χ0) is 8.69. The van der Waals surface area contributed by atoms with E-state index in [2.05, 4.69) is 5.32 Å². The van der Waals surface area contributed by atoms with Gasteiger partial charge in [0.1, 0.15) is 0 Å². The van der Waals surface area contributed by atoms with Gasteiger partial charge in [-0.25, -0.2) is 0 Å². The van der Waals surface area contributed by atoms with Gasteiger partial charge in [0.2, 0.25) is 5.91 Å². The Bertz CT molecular complexity index is 143. The van der Waals surface area contributed by atoms with Crippen molar-refractivity contribution in [2.75, 3.05) is 6.54 Å². The second-order valence-electron chi connectivity index (χ2n) is 2.44. The standard InChI is InChI=1S/C8H16N2O/c1-3-4-5-8(6-9)10-7(2)11/h3-4,8H,5-6,9H2,1-2H3,(H,10,11)/b4-3+/t8-/m1/s1. The number of allylic oxidation sites excluding steroid dienone is 1. The summed E-state index contributed by atoms with van der Waals surface area (Å²) in [7, 11) is 0. The summed E-state index contributed by atoms with van der Waals surface area (Å²) in [5.74, 6) is -0.0232. The van der Waals surface area contributed by atoms with E-state index < -0.39 is 0 Å². The van der Waals surface area contributed by atoms with Gasteiger partial charge in [0, 0.05) is 19.5 Å². The van der Waals surface area contributed by atoms with Gasteiger partial charge in [-0.05, 0) is 13.3 Å². The van der Waals surface area contributed by atoms with Crippen LogP contribution in [0.25, 0.3) is 0 Å². The van der Waals surface area contributed by atoms with Crippen LogP contribution >= 0.6 is 0 Å². The first kappa shape index (κ1) is 10.2. The monoisotopic (exact) mass is 156 g/mol. The molecule has 64 valence electrons. The molecule has 11 heavy (non-hydrogen) atoms. The van der Waals surface area contributed by atoms with E-state index in [-0.39, 0.29) is 11.9 Å². The molecule has 0 saturated heterocycles. The van der Waals surface area contributed by atoms with Crippen LogP contribution in [0.1, 0.15) is 20.3 Å². The lowest BCUT2D eigenvalue weighted by atomic mass is 10.2. The molecule has 0 rings (SSSR count). The third-order valence-electron chi connectivity index (χ3n) is 1.35. The Morgan fingerprint density at radius 3 is 2.73 bits per heavy atom. The summed E-state index contributed by atoms with van der Waals surface area (Å²) in [4.78, 5) is 10.6. The van der Waals surface area contributed by atoms with Crippen molar-refractivity contribution in [3.8, 4) is 0 Å². The lowest BCUT2D eigenvalue weighted by Gasteiger charge is -2.12. The highest BCUT2D eigenvalue weighted by atomic mass is 16.1. The number of nitrogens with one attached hydrogen (secondary N) is 1. The van der Waals surface area contributed by atoms with E-state index in [1.165, 1.54) is 6.92 Å². The molecule has 0 aromatic rings. The number of hydrogen-bond acceptors (Lipinski definition) is 2. The predicted molar refractivity (Wildman–Crippen MR) is 46.1 cm³/mol. The minimum absolute atomic E-state index is 0.0232. The second kappa shape index (κ2) is 5.92. The van der Waals surface area contributed by atoms with Gasteiger partial charge in [0.15, 0.2) is 0 Å². The molecule has 1 amide bonds. The van der Waals surface area contributed by atoms with Gasteiger partial charge in [-0.15, -0.1) is 0 Å². The molecule has 0 radical (unpaired) electrons. The molecule has 0 saturated carbocycles. The largest absolute Gasteiger partial charge is 0.352 e. The van der Waals surface area contributed by atoms with Gasteiger partial charge in [-0.3, -0.25) is 4.79 Å². The van der Waals surface area contributed by atoms with Gasteiger partial charge in [-0.1, -0.05) is 12.2 Å². The molecule has 3 nitrogen and oxygen atoms in total. The third-order valence-corrected chi connectivity index (χ3v) is 1.35. The molecule has 0 aromatic heterocycles. The summed E-state index contributed by atoms with van der Waals surface area (Å²) in [5, 5.41) is 2.75. The van der Waals surface area contributed by atoms with E-state index in [0.29, 0.717) is 6.54 Å². The number of carbonyl (C=O) groups excluding carboxylic acids is 1. The fraction of sp³-hybridized carbons (Fsp3) is 0.625. The maximum Gasteiger partial charge on any atom is 0.217 e. The number of nitrogens with two attached hydrogens (primary N) is 1. The van der Waals surface area contributed by atoms with Crippen LogP contribution in [0.4, 0.5) is 0 Å². The van der Waals surface area contributed by atoms with Crippen LogP contribution in [0.5, 0.6) is 0 Å². The maximum atomic E-state index is 10.6. The quantitative estimate of drug-likeness (QED) is 0.579. The second-order valence-corrected chi connectivity index (χ2v) is 2.44. The van der Waals surface area contributed by atoms with Crippen molar-refractivity contribution in [3.05, 3.63) is 12.2 Å². The summed E-state index contributed by atoms with van der Waals surface area (Å²) >= 11 is 0. The Balaban J connectivity index is 3.66. The summed E-state index contributed by atoms with van der Waals surface area (Å²) in [6.07, 6.45) is 4.75. The van der Waals surface area contributed by atoms with Gasteiger partial charge in [-0.2, -0.15) is 0 Å². The first-order chi connectivity index (χ1) is 5.20. The predicted octanol–water partition coefficient (Wildman–Crippen LogP) is 0.416. The first-order valence-corrected chi connectivity index (χ1v) is 3.79. The number of rotatable bonds is 4. The molecule has 0 aliphatic heterocycles. The molecule has 3 heteroatoms. The molecular formula is C8H16N2O. The van der Waals surface area contributed by atoms with Crippen molar-refractivity contribution in [1.29, 1.82) is 0 Å². The topological polar surface area (TPSA) is 55.1 Å². The minimum Gasteiger partial charge on any atom is -0.352 e. The smallest absolute Gasteiger partial charge is 0.217 e. The lowest BCUT2D eigenvalue weighted by Crippen LogP contribution is -2.38. The molecule has 0 unspecified atom stereocenters. The molecule has 0 aromatic carbocycles. The zero-order valence-corrected chi connectivity index (χ0v) is 7.13. The van der Waals surface area contributed by atoms with Crippen LogP contribution < -0.4 is 11.1 Å². The van der Waals surface area contributed by atoms with Crippen LogP contribution in [0.2, 0.25) is 0 Å². The van der Waals surface area contributed by atoms with Gasteiger partial charge in [0.25, 0.3) is 0 Å². The Kier molecular flexibility index (Phi) is 5.47. The van der Waals surface area contributed by atoms with Crippen molar-refractivity contribution >= 4 is 5.91 Å². The Hall–Kier alpha value is -0.830. The van der Waals surface area contributed by atoms with Crippen molar-refractivity contribution in [3.63, 3.8) is 0 Å². The maximum absolute atomic E-state index is 10.6. The third kappa shape index (κ3) is 5.61. The van der Waals surface area contributed by atoms with Gasteiger partial charge >= 0.3 is 0 Å². The summed E-state index contributed by atoms with van der Waals surface area (Å²) in [6, 6.07) is 0.0868. The molecular weight excluding hydrogens is 140 g/mol. The van der Waals surface area contributed by atoms with E-state index in [1.807, 2.05) is 19.1 Å². The van der Waals surface area contributed by atoms with E-state index in [9.17, 15) is 4.79 Å². The Morgan fingerprint density at radius 2 is 2.36 bits per heavy atom. The van der Waals surface area contributed by atoms with Crippen molar-refractivity contribution in [2.45, 2.75) is 26.3 Å². The average molecular weight is 156 g/mol. The molecule has 0 aliphatic rings. The zero-order valence-electron chi connectivity index (χ0n) is 7.13. The minimum atomic E-state index is -0.0232. The Morgan fingerprint density at radius 1 is 1.73 bits per heavy atom. The molecule has 0 fully saturated rings. The average Bonchev–Trinajstić information content (AvgIpc) is 1.97. The summed E-state index contributed by atoms with van der Waals surface area (Å²) in [6.45, 7) is 3.93. The summed E-state index contributed by atoms with van der Waals surface area (Å²) < 4.78 is 0. The molecule has 0 spiro atoms. The van der Waals surface area contributed by atoms with Gasteiger partial charge < -0.3 is 11.1 Å². The van der Waals surface area contributed by atoms with Crippen molar-refractivity contribution in [1.82, 2.24) is 5.32 Å². The van der Waals surface area contributed by atoms with E-state index in [1.54, 1.807) is 0 Å². The summed E-state index contributed by atoms with van der Waals surface area (Å²) in [5.41, 5.74) is 5.41. The SMILES string of the molecule is C/C=C/C[C@H](CN)NC(C)=O. The van der Waals surface area contributed by atoms with Crippen LogP contribution in [0.15, 0.2) is 12.2 Å². The lowest BCUT2D eigenvalue weighted by molar-refractivity contribution is -0.119. The fourth-order valence-corrected chi connectivity index (χ4v) is 0.802. The van der Waals surface area contributed by atoms with Gasteiger partial charge in [0.05, 0.1) is 0 Å².